The van der Waals surface area contributed by atoms with Gasteiger partial charge in [-0.1, -0.05) is 49.4 Å². The highest BCUT2D eigenvalue weighted by Gasteiger charge is 2.38. The third-order valence-electron chi connectivity index (χ3n) is 5.67. The van der Waals surface area contributed by atoms with Crippen LogP contribution in [-0.2, 0) is 20.6 Å². The molecule has 160 valence electrons. The summed E-state index contributed by atoms with van der Waals surface area (Å²) in [4.78, 5) is 17.2. The first kappa shape index (κ1) is 20.7. The second-order valence-corrected chi connectivity index (χ2v) is 9.50. The number of rotatable bonds is 5. The monoisotopic (exact) mass is 429 g/mol. The van der Waals surface area contributed by atoms with Crippen LogP contribution in [0.2, 0.25) is 0 Å². The van der Waals surface area contributed by atoms with Gasteiger partial charge in [-0.25, -0.2) is 8.42 Å². The molecule has 8 heteroatoms. The van der Waals surface area contributed by atoms with E-state index >= 15 is 0 Å². The highest BCUT2D eigenvalue weighted by atomic mass is 32.2. The van der Waals surface area contributed by atoms with Gasteiger partial charge in [-0.2, -0.15) is 0 Å². The third kappa shape index (κ3) is 4.29. The van der Waals surface area contributed by atoms with Crippen molar-refractivity contribution in [3.63, 3.8) is 0 Å². The molecule has 0 saturated carbocycles. The number of piperazine rings is 1. The van der Waals surface area contributed by atoms with Crippen molar-refractivity contribution in [2.24, 2.45) is 0 Å². The number of nitrogens with zero attached hydrogens (tertiary/aromatic N) is 3. The second kappa shape index (κ2) is 8.65. The van der Waals surface area contributed by atoms with E-state index in [1.165, 1.54) is 4.31 Å². The minimum absolute atomic E-state index is 0.0149. The lowest BCUT2D eigenvalue weighted by molar-refractivity contribution is -0.140. The summed E-state index contributed by atoms with van der Waals surface area (Å²) in [5.74, 6) is 0.143. The summed E-state index contributed by atoms with van der Waals surface area (Å²) in [6, 6.07) is 16.1. The third-order valence-corrected chi connectivity index (χ3v) is 7.38. The summed E-state index contributed by atoms with van der Waals surface area (Å²) >= 11 is 0. The fourth-order valence-electron chi connectivity index (χ4n) is 3.95. The number of benzene rings is 2. The Bertz CT molecular complexity index is 988. The lowest BCUT2D eigenvalue weighted by Crippen LogP contribution is -2.56. The van der Waals surface area contributed by atoms with E-state index in [0.29, 0.717) is 30.1 Å². The van der Waals surface area contributed by atoms with Crippen LogP contribution in [-0.4, -0.2) is 69.5 Å². The Kier molecular flexibility index (Phi) is 5.97. The van der Waals surface area contributed by atoms with Gasteiger partial charge in [0.2, 0.25) is 10.0 Å². The highest BCUT2D eigenvalue weighted by molar-refractivity contribution is 7.92. The zero-order valence-corrected chi connectivity index (χ0v) is 17.9. The number of hydrogen-bond donors (Lipinski definition) is 0. The molecule has 2 aromatic carbocycles. The Morgan fingerprint density at radius 3 is 2.37 bits per heavy atom. The molecule has 2 aliphatic heterocycles. The molecule has 1 amide bonds. The highest BCUT2D eigenvalue weighted by Crippen LogP contribution is 2.36. The number of carbonyl (C=O) groups is 1. The SMILES string of the molecule is CCN1CCN(C(=O)C2CN(S(=O)(=O)Cc3ccccc3)c3ccccc3O2)CC1. The number of amides is 1. The number of ether oxygens (including phenoxy) is 1. The van der Waals surface area contributed by atoms with Crippen molar-refractivity contribution in [3.8, 4) is 5.75 Å². The van der Waals surface area contributed by atoms with Crippen LogP contribution >= 0.6 is 0 Å². The number of sulfonamides is 1. The van der Waals surface area contributed by atoms with Gasteiger partial charge in [-0.15, -0.1) is 0 Å². The lowest BCUT2D eigenvalue weighted by Gasteiger charge is -2.39. The Morgan fingerprint density at radius 1 is 1.00 bits per heavy atom. The first-order chi connectivity index (χ1) is 14.5. The summed E-state index contributed by atoms with van der Waals surface area (Å²) in [5.41, 5.74) is 1.19. The average molecular weight is 430 g/mol. The molecule has 7 nitrogen and oxygen atoms in total. The predicted molar refractivity (Wildman–Crippen MR) is 116 cm³/mol. The van der Waals surface area contributed by atoms with E-state index < -0.39 is 16.1 Å². The van der Waals surface area contributed by atoms with Gasteiger partial charge in [0, 0.05) is 26.2 Å². The Labute approximate surface area is 177 Å². The van der Waals surface area contributed by atoms with Crippen molar-refractivity contribution in [2.75, 3.05) is 43.6 Å². The van der Waals surface area contributed by atoms with E-state index in [1.54, 1.807) is 41.3 Å². The summed E-state index contributed by atoms with van der Waals surface area (Å²) < 4.78 is 33.9. The van der Waals surface area contributed by atoms with Gasteiger partial charge in [0.05, 0.1) is 18.0 Å². The van der Waals surface area contributed by atoms with E-state index in [4.69, 9.17) is 4.74 Å². The smallest absolute Gasteiger partial charge is 0.265 e. The van der Waals surface area contributed by atoms with E-state index in [1.807, 2.05) is 18.2 Å². The van der Waals surface area contributed by atoms with Crippen LogP contribution in [0.5, 0.6) is 5.75 Å². The standard InChI is InChI=1S/C22H27N3O4S/c1-2-23-12-14-24(15-13-23)22(26)21-16-25(19-10-6-7-11-20(19)29-21)30(27,28)17-18-8-4-3-5-9-18/h3-11,21H,2,12-17H2,1H3. The minimum Gasteiger partial charge on any atom is -0.476 e. The van der Waals surface area contributed by atoms with Crippen LogP contribution in [0.25, 0.3) is 0 Å². The van der Waals surface area contributed by atoms with Gasteiger partial charge < -0.3 is 14.5 Å². The Balaban J connectivity index is 1.57. The number of likely N-dealkylation sites (N-methyl/N-ethyl adjacent to an activating group) is 1. The van der Waals surface area contributed by atoms with Crippen molar-refractivity contribution >= 4 is 21.6 Å². The molecule has 0 radical (unpaired) electrons. The maximum absolute atomic E-state index is 13.3. The first-order valence-corrected chi connectivity index (χ1v) is 11.9. The lowest BCUT2D eigenvalue weighted by atomic mass is 10.2. The molecule has 2 heterocycles. The molecule has 1 unspecified atom stereocenters. The fraction of sp³-hybridized carbons (Fsp3) is 0.409. The van der Waals surface area contributed by atoms with Crippen LogP contribution in [0.3, 0.4) is 0 Å². The molecule has 1 fully saturated rings. The summed E-state index contributed by atoms with van der Waals surface area (Å²) in [6.07, 6.45) is -0.848. The second-order valence-electron chi connectivity index (χ2n) is 7.61. The predicted octanol–water partition coefficient (Wildman–Crippen LogP) is 1.95. The maximum atomic E-state index is 13.3. The van der Waals surface area contributed by atoms with Gasteiger partial charge in [0.15, 0.2) is 6.10 Å². The van der Waals surface area contributed by atoms with Crippen LogP contribution < -0.4 is 9.04 Å². The topological polar surface area (TPSA) is 70.2 Å². The zero-order valence-electron chi connectivity index (χ0n) is 17.1. The molecular formula is C22H27N3O4S. The van der Waals surface area contributed by atoms with Crippen LogP contribution in [0.1, 0.15) is 12.5 Å². The Hall–Kier alpha value is -2.58. The molecule has 2 aromatic rings. The average Bonchev–Trinajstić information content (AvgIpc) is 2.78. The van der Waals surface area contributed by atoms with Crippen LogP contribution in [0.4, 0.5) is 5.69 Å². The number of carbonyl (C=O) groups excluding carboxylic acids is 1. The van der Waals surface area contributed by atoms with Gasteiger partial charge in [-0.05, 0) is 24.2 Å². The Morgan fingerprint density at radius 2 is 1.67 bits per heavy atom. The van der Waals surface area contributed by atoms with Gasteiger partial charge >= 0.3 is 0 Å². The molecule has 0 bridgehead atoms. The fourth-order valence-corrected chi connectivity index (χ4v) is 5.53. The summed E-state index contributed by atoms with van der Waals surface area (Å²) in [5, 5.41) is 0. The molecule has 0 aliphatic carbocycles. The summed E-state index contributed by atoms with van der Waals surface area (Å²) in [6.45, 7) is 5.95. The number of fused-ring (bicyclic) bond motifs is 1. The summed E-state index contributed by atoms with van der Waals surface area (Å²) in [7, 11) is -3.69. The first-order valence-electron chi connectivity index (χ1n) is 10.3. The largest absolute Gasteiger partial charge is 0.476 e. The molecule has 0 N–H and O–H groups in total. The van der Waals surface area contributed by atoms with Gasteiger partial charge in [0.25, 0.3) is 5.91 Å². The minimum atomic E-state index is -3.69. The molecule has 4 rings (SSSR count). The van der Waals surface area contributed by atoms with E-state index in [0.717, 1.165) is 19.6 Å². The van der Waals surface area contributed by atoms with Crippen molar-refractivity contribution in [3.05, 3.63) is 60.2 Å². The van der Waals surface area contributed by atoms with Crippen molar-refractivity contribution < 1.29 is 17.9 Å². The zero-order chi connectivity index (χ0) is 21.1. The quantitative estimate of drug-likeness (QED) is 0.727. The number of para-hydroxylation sites is 2. The van der Waals surface area contributed by atoms with Crippen LogP contribution in [0, 0.1) is 0 Å². The van der Waals surface area contributed by atoms with E-state index in [2.05, 4.69) is 11.8 Å². The number of anilines is 1. The van der Waals surface area contributed by atoms with E-state index in [9.17, 15) is 13.2 Å². The molecule has 2 aliphatic rings. The number of hydrogen-bond acceptors (Lipinski definition) is 5. The van der Waals surface area contributed by atoms with Crippen molar-refractivity contribution in [1.82, 2.24) is 9.80 Å². The molecule has 0 spiro atoms. The van der Waals surface area contributed by atoms with Gasteiger partial charge in [0.1, 0.15) is 5.75 Å². The molecular weight excluding hydrogens is 402 g/mol. The van der Waals surface area contributed by atoms with E-state index in [-0.39, 0.29) is 18.2 Å². The van der Waals surface area contributed by atoms with Crippen LogP contribution in [0.15, 0.2) is 54.6 Å². The van der Waals surface area contributed by atoms with Crippen molar-refractivity contribution in [1.29, 1.82) is 0 Å². The molecule has 30 heavy (non-hydrogen) atoms. The normalized spacial score (nSPS) is 19.8. The van der Waals surface area contributed by atoms with Crippen molar-refractivity contribution in [2.45, 2.75) is 18.8 Å². The van der Waals surface area contributed by atoms with Gasteiger partial charge in [-0.3, -0.25) is 9.10 Å². The molecule has 1 atom stereocenters. The maximum Gasteiger partial charge on any atom is 0.265 e. The molecule has 1 saturated heterocycles. The molecule has 0 aromatic heterocycles.